The number of carbonyl (C=O) groups is 2. The number of likely N-dealkylation sites (tertiary alicyclic amines) is 1. The smallest absolute Gasteiger partial charge is 0.271 e. The number of rotatable bonds is 10. The number of hydrogen-bond acceptors (Lipinski definition) is 5. The number of nitrogens with one attached hydrogen (secondary N) is 1. The Morgan fingerprint density at radius 1 is 1.05 bits per heavy atom. The molecule has 0 saturated carbocycles. The van der Waals surface area contributed by atoms with Crippen molar-refractivity contribution in [1.29, 1.82) is 0 Å². The predicted molar refractivity (Wildman–Crippen MR) is 161 cm³/mol. The van der Waals surface area contributed by atoms with Crippen LogP contribution in [0.5, 0.6) is 11.5 Å². The molecule has 1 saturated heterocycles. The maximum Gasteiger partial charge on any atom is 0.271 e. The van der Waals surface area contributed by atoms with Gasteiger partial charge in [0, 0.05) is 37.6 Å². The summed E-state index contributed by atoms with van der Waals surface area (Å²) in [5.74, 6) is 2.63. The Labute approximate surface area is 243 Å². The first-order chi connectivity index (χ1) is 19.7. The molecule has 2 aliphatic rings. The molecular formula is C33H44N4O4. The summed E-state index contributed by atoms with van der Waals surface area (Å²) < 4.78 is 13.0. The quantitative estimate of drug-likeness (QED) is 0.355. The van der Waals surface area contributed by atoms with E-state index in [1.165, 1.54) is 6.42 Å². The van der Waals surface area contributed by atoms with Crippen LogP contribution in [0.3, 0.4) is 0 Å². The van der Waals surface area contributed by atoms with E-state index in [0.717, 1.165) is 54.0 Å². The molecule has 0 aliphatic carbocycles. The van der Waals surface area contributed by atoms with Gasteiger partial charge in [-0.15, -0.1) is 0 Å². The molecule has 8 heteroatoms. The van der Waals surface area contributed by atoms with Gasteiger partial charge in [0.25, 0.3) is 5.91 Å². The van der Waals surface area contributed by atoms with E-state index in [4.69, 9.17) is 9.47 Å². The Morgan fingerprint density at radius 2 is 1.76 bits per heavy atom. The Bertz CT molecular complexity index is 1370. The minimum absolute atomic E-state index is 0.132. The van der Waals surface area contributed by atoms with Crippen LogP contribution in [-0.2, 0) is 17.9 Å². The Morgan fingerprint density at radius 3 is 2.44 bits per heavy atom. The third-order valence-electron chi connectivity index (χ3n) is 8.58. The molecule has 5 rings (SSSR count). The van der Waals surface area contributed by atoms with Crippen LogP contribution in [0.2, 0.25) is 0 Å². The molecule has 1 aromatic heterocycles. The Hall–Kier alpha value is -3.52. The van der Waals surface area contributed by atoms with Crippen molar-refractivity contribution in [2.45, 2.75) is 59.2 Å². The van der Waals surface area contributed by atoms with Crippen LogP contribution >= 0.6 is 0 Å². The molecule has 3 unspecified atom stereocenters. The van der Waals surface area contributed by atoms with Crippen LogP contribution in [0.25, 0.3) is 10.9 Å². The predicted octanol–water partition coefficient (Wildman–Crippen LogP) is 4.95. The number of methoxy groups -OCH3 is 1. The van der Waals surface area contributed by atoms with Crippen LogP contribution < -0.4 is 14.8 Å². The molecule has 220 valence electrons. The van der Waals surface area contributed by atoms with Crippen molar-refractivity contribution >= 4 is 22.7 Å². The Balaban J connectivity index is 1.38. The normalized spacial score (nSPS) is 23.0. The van der Waals surface area contributed by atoms with Gasteiger partial charge in [-0.3, -0.25) is 9.59 Å². The SMILES string of the molecule is CCOc1ccc(CN2C(=O)c3cc4ccc(OC)cc4n3CC2(C)C(=O)NCCCN2CC(C)CC(C)C2)cc1. The summed E-state index contributed by atoms with van der Waals surface area (Å²) in [5.41, 5.74) is 1.34. The van der Waals surface area contributed by atoms with Gasteiger partial charge in [0.15, 0.2) is 0 Å². The third-order valence-corrected chi connectivity index (χ3v) is 8.58. The third kappa shape index (κ3) is 6.08. The van der Waals surface area contributed by atoms with E-state index in [1.54, 1.807) is 12.0 Å². The lowest BCUT2D eigenvalue weighted by atomic mass is 9.92. The number of aromatic nitrogens is 1. The van der Waals surface area contributed by atoms with Crippen LogP contribution in [-0.4, -0.2) is 71.6 Å². The van der Waals surface area contributed by atoms with Gasteiger partial charge in [-0.05, 0) is 81.0 Å². The maximum absolute atomic E-state index is 14.1. The highest BCUT2D eigenvalue weighted by molar-refractivity contribution is 6.03. The monoisotopic (exact) mass is 560 g/mol. The van der Waals surface area contributed by atoms with E-state index in [1.807, 2.05) is 66.9 Å². The van der Waals surface area contributed by atoms with E-state index >= 15 is 0 Å². The fourth-order valence-electron chi connectivity index (χ4n) is 6.62. The second-order valence-electron chi connectivity index (χ2n) is 12.1. The summed E-state index contributed by atoms with van der Waals surface area (Å²) in [5, 5.41) is 4.14. The molecular weight excluding hydrogens is 516 g/mol. The summed E-state index contributed by atoms with van der Waals surface area (Å²) in [4.78, 5) is 32.3. The van der Waals surface area contributed by atoms with Crippen LogP contribution in [0.15, 0.2) is 48.5 Å². The number of piperidine rings is 1. The van der Waals surface area contributed by atoms with E-state index in [2.05, 4.69) is 24.1 Å². The van der Waals surface area contributed by atoms with Crippen LogP contribution in [0.1, 0.15) is 56.6 Å². The highest BCUT2D eigenvalue weighted by Crippen LogP contribution is 2.35. The summed E-state index contributed by atoms with van der Waals surface area (Å²) in [6, 6.07) is 15.5. The lowest BCUT2D eigenvalue weighted by molar-refractivity contribution is -0.133. The van der Waals surface area contributed by atoms with Crippen molar-refractivity contribution < 1.29 is 19.1 Å². The largest absolute Gasteiger partial charge is 0.497 e. The second-order valence-corrected chi connectivity index (χ2v) is 12.1. The summed E-state index contributed by atoms with van der Waals surface area (Å²) in [6.07, 6.45) is 2.16. The van der Waals surface area contributed by atoms with E-state index < -0.39 is 5.54 Å². The van der Waals surface area contributed by atoms with Crippen molar-refractivity contribution in [2.24, 2.45) is 11.8 Å². The summed E-state index contributed by atoms with van der Waals surface area (Å²) in [7, 11) is 1.63. The molecule has 8 nitrogen and oxygen atoms in total. The zero-order valence-electron chi connectivity index (χ0n) is 25.1. The highest BCUT2D eigenvalue weighted by Gasteiger charge is 2.47. The number of fused-ring (bicyclic) bond motifs is 3. The number of nitrogens with zero attached hydrogens (tertiary/aromatic N) is 3. The van der Waals surface area contributed by atoms with Crippen molar-refractivity contribution in [1.82, 2.24) is 19.7 Å². The van der Waals surface area contributed by atoms with E-state index in [9.17, 15) is 9.59 Å². The first kappa shape index (κ1) is 29.0. The maximum atomic E-state index is 14.1. The number of ether oxygens (including phenoxy) is 2. The van der Waals surface area contributed by atoms with Crippen molar-refractivity contribution in [3.05, 3.63) is 59.8 Å². The second kappa shape index (κ2) is 12.1. The molecule has 2 aliphatic heterocycles. The number of hydrogen-bond donors (Lipinski definition) is 1. The van der Waals surface area contributed by atoms with Crippen LogP contribution in [0, 0.1) is 11.8 Å². The average Bonchev–Trinajstić information content (AvgIpc) is 3.31. The number of carbonyl (C=O) groups excluding carboxylic acids is 2. The van der Waals surface area contributed by atoms with Gasteiger partial charge in [0.2, 0.25) is 5.91 Å². The van der Waals surface area contributed by atoms with Gasteiger partial charge in [-0.1, -0.05) is 26.0 Å². The first-order valence-corrected chi connectivity index (χ1v) is 14.9. The lowest BCUT2D eigenvalue weighted by Gasteiger charge is -2.44. The van der Waals surface area contributed by atoms with E-state index in [0.29, 0.717) is 43.8 Å². The molecule has 0 radical (unpaired) electrons. The van der Waals surface area contributed by atoms with Crippen molar-refractivity contribution in [3.63, 3.8) is 0 Å². The molecule has 2 aromatic carbocycles. The zero-order valence-corrected chi connectivity index (χ0v) is 25.1. The Kier molecular flexibility index (Phi) is 8.59. The molecule has 41 heavy (non-hydrogen) atoms. The summed E-state index contributed by atoms with van der Waals surface area (Å²) >= 11 is 0. The van der Waals surface area contributed by atoms with Gasteiger partial charge in [-0.25, -0.2) is 0 Å². The molecule has 3 heterocycles. The molecule has 3 aromatic rings. The molecule has 3 atom stereocenters. The van der Waals surface area contributed by atoms with Crippen molar-refractivity contribution in [3.8, 4) is 11.5 Å². The van der Waals surface area contributed by atoms with Crippen LogP contribution in [0.4, 0.5) is 0 Å². The number of amides is 2. The summed E-state index contributed by atoms with van der Waals surface area (Å²) in [6.45, 7) is 13.5. The molecule has 1 N–H and O–H groups in total. The lowest BCUT2D eigenvalue weighted by Crippen LogP contribution is -2.63. The molecule has 0 spiro atoms. The fraction of sp³-hybridized carbons (Fsp3) is 0.515. The first-order valence-electron chi connectivity index (χ1n) is 14.9. The number of benzene rings is 2. The van der Waals surface area contributed by atoms with Gasteiger partial charge in [-0.2, -0.15) is 0 Å². The molecule has 1 fully saturated rings. The standard InChI is InChI=1S/C33H44N4O4/c1-6-41-27-11-8-25(9-12-27)21-37-31(38)30-17-26-10-13-28(40-5)18-29(26)36(30)22-33(37,4)32(39)34-14-7-15-35-19-23(2)16-24(3)20-35/h8-13,17-18,23-24H,6-7,14-16,19-22H2,1-5H3,(H,34,39). The highest BCUT2D eigenvalue weighted by atomic mass is 16.5. The fourth-order valence-corrected chi connectivity index (χ4v) is 6.62. The zero-order chi connectivity index (χ0) is 29.1. The van der Waals surface area contributed by atoms with Crippen molar-refractivity contribution in [2.75, 3.05) is 39.9 Å². The molecule has 2 amide bonds. The minimum atomic E-state index is -1.08. The average molecular weight is 561 g/mol. The topological polar surface area (TPSA) is 76.0 Å². The minimum Gasteiger partial charge on any atom is -0.497 e. The van der Waals surface area contributed by atoms with Gasteiger partial charge < -0.3 is 29.2 Å². The van der Waals surface area contributed by atoms with E-state index in [-0.39, 0.29) is 11.8 Å². The van der Waals surface area contributed by atoms with Gasteiger partial charge in [0.1, 0.15) is 22.7 Å². The van der Waals surface area contributed by atoms with Gasteiger partial charge >= 0.3 is 0 Å². The molecule has 0 bridgehead atoms. The van der Waals surface area contributed by atoms with Gasteiger partial charge in [0.05, 0.1) is 25.8 Å².